The quantitative estimate of drug-likeness (QED) is 0.502. The second kappa shape index (κ2) is 6.43. The largest absolute Gasteiger partial charge is 0.0620 e. The van der Waals surface area contributed by atoms with Crippen molar-refractivity contribution in [3.05, 3.63) is 89.3 Å². The van der Waals surface area contributed by atoms with Crippen LogP contribution in [0, 0.1) is 11.8 Å². The Kier molecular flexibility index (Phi) is 4.14. The summed E-state index contributed by atoms with van der Waals surface area (Å²) in [4.78, 5) is 0. The van der Waals surface area contributed by atoms with Gasteiger partial charge >= 0.3 is 0 Å². The predicted molar refractivity (Wildman–Crippen MR) is 103 cm³/mol. The van der Waals surface area contributed by atoms with Gasteiger partial charge in [-0.3, -0.25) is 0 Å². The topological polar surface area (TPSA) is 0 Å². The molecule has 0 aromatic heterocycles. The zero-order chi connectivity index (χ0) is 16.5. The van der Waals surface area contributed by atoms with Gasteiger partial charge < -0.3 is 0 Å². The van der Waals surface area contributed by atoms with Crippen molar-refractivity contribution in [3.63, 3.8) is 0 Å². The van der Waals surface area contributed by atoms with Crippen LogP contribution in [0.4, 0.5) is 0 Å². The molecular weight excluding hydrogens is 288 g/mol. The van der Waals surface area contributed by atoms with Gasteiger partial charge in [-0.2, -0.15) is 0 Å². The molecule has 24 heavy (non-hydrogen) atoms. The average Bonchev–Trinajstić information content (AvgIpc) is 3.44. The van der Waals surface area contributed by atoms with Crippen LogP contribution in [0.15, 0.2) is 66.7 Å². The van der Waals surface area contributed by atoms with Crippen LogP contribution in [0.5, 0.6) is 0 Å². The van der Waals surface area contributed by atoms with Gasteiger partial charge in [0.25, 0.3) is 0 Å². The Bertz CT molecular complexity index is 839. The monoisotopic (exact) mass is 313 g/mol. The molecule has 0 amide bonds. The van der Waals surface area contributed by atoms with Crippen LogP contribution in [0.25, 0.3) is 10.8 Å². The highest BCUT2D eigenvalue weighted by Gasteiger charge is 2.29. The third-order valence-corrected chi connectivity index (χ3v) is 5.23. The van der Waals surface area contributed by atoms with Gasteiger partial charge in [0.2, 0.25) is 0 Å². The molecule has 4 rings (SSSR count). The molecule has 0 aliphatic heterocycles. The van der Waals surface area contributed by atoms with Crippen molar-refractivity contribution >= 4 is 10.8 Å². The molecule has 1 aliphatic rings. The smallest absolute Gasteiger partial charge is 0.0122 e. The van der Waals surface area contributed by atoms with Crippen molar-refractivity contribution < 1.29 is 0 Å². The lowest BCUT2D eigenvalue weighted by Gasteiger charge is -2.24. The molecule has 0 spiro atoms. The Morgan fingerprint density at radius 2 is 1.58 bits per heavy atom. The van der Waals surface area contributed by atoms with Crippen LogP contribution in [0.2, 0.25) is 0 Å². The predicted octanol–water partition coefficient (Wildman–Crippen LogP) is 6.54. The van der Waals surface area contributed by atoms with Gasteiger partial charge in [0, 0.05) is 5.92 Å². The van der Waals surface area contributed by atoms with Crippen molar-refractivity contribution in [2.24, 2.45) is 5.92 Å². The molecule has 0 N–H and O–H groups in total. The zero-order valence-corrected chi connectivity index (χ0v) is 14.6. The fourth-order valence-corrected chi connectivity index (χ4v) is 3.72. The van der Waals surface area contributed by atoms with Crippen molar-refractivity contribution in [2.45, 2.75) is 39.0 Å². The molecule has 0 heterocycles. The lowest BCUT2D eigenvalue weighted by molar-refractivity contribution is 0.652. The number of hydrogen-bond acceptors (Lipinski definition) is 0. The highest BCUT2D eigenvalue weighted by atomic mass is 14.3. The van der Waals surface area contributed by atoms with E-state index in [1.54, 1.807) is 11.5 Å². The van der Waals surface area contributed by atoms with Gasteiger partial charge in [-0.1, -0.05) is 80.6 Å². The normalized spacial score (nSPS) is 14.7. The first-order valence-electron chi connectivity index (χ1n) is 9.15. The summed E-state index contributed by atoms with van der Waals surface area (Å²) in [7, 11) is 0. The van der Waals surface area contributed by atoms with Crippen LogP contribution in [-0.4, -0.2) is 0 Å². The molecule has 1 radical (unpaired) electrons. The third-order valence-electron chi connectivity index (χ3n) is 5.23. The van der Waals surface area contributed by atoms with Crippen LogP contribution in [-0.2, 0) is 6.42 Å². The van der Waals surface area contributed by atoms with Crippen LogP contribution < -0.4 is 0 Å². The van der Waals surface area contributed by atoms with E-state index >= 15 is 0 Å². The standard InChI is InChI=1S/C24H25/c1-17(2)24(23-10-6-5-9-22(23)20-13-14-20)16-18-11-12-19-7-3-4-8-21(19)15-18/h3-12,15,17,20H,13-14,16H2,1-2H3. The minimum Gasteiger partial charge on any atom is -0.0620 e. The van der Waals surface area contributed by atoms with Gasteiger partial charge in [-0.25, -0.2) is 0 Å². The molecule has 1 aliphatic carbocycles. The molecule has 0 nitrogen and oxygen atoms in total. The number of fused-ring (bicyclic) bond motifs is 1. The molecule has 3 aromatic carbocycles. The molecular formula is C24H25. The Morgan fingerprint density at radius 3 is 2.33 bits per heavy atom. The molecule has 0 bridgehead atoms. The van der Waals surface area contributed by atoms with E-state index < -0.39 is 0 Å². The second-order valence-corrected chi connectivity index (χ2v) is 7.40. The Hall–Kier alpha value is -2.08. The fourth-order valence-electron chi connectivity index (χ4n) is 3.72. The molecule has 0 atom stereocenters. The molecule has 0 saturated heterocycles. The van der Waals surface area contributed by atoms with Crippen LogP contribution >= 0.6 is 0 Å². The maximum Gasteiger partial charge on any atom is 0.0122 e. The highest BCUT2D eigenvalue weighted by Crippen LogP contribution is 2.44. The molecule has 0 unspecified atom stereocenters. The fraction of sp³-hybridized carbons (Fsp3) is 0.292. The highest BCUT2D eigenvalue weighted by molar-refractivity contribution is 5.83. The zero-order valence-electron chi connectivity index (χ0n) is 14.6. The van der Waals surface area contributed by atoms with E-state index in [9.17, 15) is 0 Å². The van der Waals surface area contributed by atoms with Gasteiger partial charge in [0.05, 0.1) is 0 Å². The summed E-state index contributed by atoms with van der Waals surface area (Å²) in [6, 6.07) is 24.6. The molecule has 0 heteroatoms. The van der Waals surface area contributed by atoms with E-state index in [1.165, 1.54) is 34.7 Å². The van der Waals surface area contributed by atoms with Crippen molar-refractivity contribution in [1.29, 1.82) is 0 Å². The minimum atomic E-state index is 0.566. The molecule has 1 saturated carbocycles. The lowest BCUT2D eigenvalue weighted by Crippen LogP contribution is -2.13. The van der Waals surface area contributed by atoms with E-state index in [-0.39, 0.29) is 0 Å². The summed E-state index contributed by atoms with van der Waals surface area (Å²) in [5.41, 5.74) is 4.49. The number of benzene rings is 3. The minimum absolute atomic E-state index is 0.566. The lowest BCUT2D eigenvalue weighted by atomic mass is 9.80. The molecule has 1 fully saturated rings. The number of rotatable bonds is 5. The Morgan fingerprint density at radius 1 is 0.875 bits per heavy atom. The first-order chi connectivity index (χ1) is 11.7. The van der Waals surface area contributed by atoms with E-state index in [1.807, 2.05) is 0 Å². The van der Waals surface area contributed by atoms with Gasteiger partial charge in [-0.15, -0.1) is 0 Å². The van der Waals surface area contributed by atoms with Gasteiger partial charge in [0.15, 0.2) is 0 Å². The van der Waals surface area contributed by atoms with Gasteiger partial charge in [0.1, 0.15) is 0 Å². The first-order valence-corrected chi connectivity index (χ1v) is 9.15. The average molecular weight is 313 g/mol. The van der Waals surface area contributed by atoms with E-state index in [4.69, 9.17) is 0 Å². The third kappa shape index (κ3) is 3.11. The maximum absolute atomic E-state index is 2.36. The first kappa shape index (κ1) is 15.4. The summed E-state index contributed by atoms with van der Waals surface area (Å²) in [6.45, 7) is 4.67. The Labute approximate surface area is 145 Å². The number of hydrogen-bond donors (Lipinski definition) is 0. The summed E-state index contributed by atoms with van der Waals surface area (Å²) in [5.74, 6) is 2.94. The second-order valence-electron chi connectivity index (χ2n) is 7.40. The molecule has 3 aromatic rings. The van der Waals surface area contributed by atoms with Crippen molar-refractivity contribution in [1.82, 2.24) is 0 Å². The van der Waals surface area contributed by atoms with Crippen LogP contribution in [0.3, 0.4) is 0 Å². The van der Waals surface area contributed by atoms with Gasteiger partial charge in [-0.05, 0) is 58.6 Å². The summed E-state index contributed by atoms with van der Waals surface area (Å²) in [5, 5.41) is 2.67. The Balaban J connectivity index is 1.68. The summed E-state index contributed by atoms with van der Waals surface area (Å²) in [6.07, 6.45) is 3.77. The maximum atomic E-state index is 2.36. The van der Waals surface area contributed by atoms with E-state index in [2.05, 4.69) is 80.6 Å². The van der Waals surface area contributed by atoms with Crippen LogP contribution in [0.1, 0.15) is 49.3 Å². The van der Waals surface area contributed by atoms with Crippen molar-refractivity contribution in [2.75, 3.05) is 0 Å². The molecule has 121 valence electrons. The van der Waals surface area contributed by atoms with E-state index in [0.717, 1.165) is 12.3 Å². The van der Waals surface area contributed by atoms with Crippen molar-refractivity contribution in [3.8, 4) is 0 Å². The summed E-state index contributed by atoms with van der Waals surface area (Å²) >= 11 is 0. The summed E-state index contributed by atoms with van der Waals surface area (Å²) < 4.78 is 0. The SMILES string of the molecule is CC(C)[C](Cc1ccc2ccccc2c1)c1ccccc1C1CC1. The van der Waals surface area contributed by atoms with E-state index in [0.29, 0.717) is 5.92 Å².